The maximum Gasteiger partial charge on any atom is 0.352 e. The van der Waals surface area contributed by atoms with Crippen LogP contribution in [0.4, 0.5) is 0 Å². The number of nitrogens with zero attached hydrogens (tertiary/aromatic N) is 6. The first-order valence-corrected chi connectivity index (χ1v) is 15.5. The summed E-state index contributed by atoms with van der Waals surface area (Å²) >= 11 is 2.45. The first kappa shape index (κ1) is 29.5. The number of aryl methyl sites for hydroxylation is 2. The number of carboxylic acids is 1. The van der Waals surface area contributed by atoms with Gasteiger partial charge < -0.3 is 23.9 Å². The predicted molar refractivity (Wildman–Crippen MR) is 144 cm³/mol. The van der Waals surface area contributed by atoms with Crippen LogP contribution in [0.25, 0.3) is 0 Å². The Labute approximate surface area is 246 Å². The average Bonchev–Trinajstić information content (AvgIpc) is 3.57. The number of carboxylic acid groups (broad SMARTS) is 1. The van der Waals surface area contributed by atoms with Crippen LogP contribution < -0.4 is 9.50 Å². The molecule has 1 aromatic carbocycles. The van der Waals surface area contributed by atoms with Crippen molar-refractivity contribution in [2.75, 3.05) is 18.6 Å². The third-order valence-corrected chi connectivity index (χ3v) is 10.0. The van der Waals surface area contributed by atoms with Crippen LogP contribution in [0.5, 0.6) is 5.88 Å². The van der Waals surface area contributed by atoms with E-state index in [-0.39, 0.29) is 33.7 Å². The summed E-state index contributed by atoms with van der Waals surface area (Å²) in [7, 11) is -1.32. The highest BCUT2D eigenvalue weighted by Gasteiger charge is 2.66. The van der Waals surface area contributed by atoms with Crippen molar-refractivity contribution in [3.05, 3.63) is 52.9 Å². The third kappa shape index (κ3) is 5.46. The zero-order valence-corrected chi connectivity index (χ0v) is 24.7. The summed E-state index contributed by atoms with van der Waals surface area (Å²) in [4.78, 5) is 39.4. The average molecular weight is 638 g/mol. The van der Waals surface area contributed by atoms with Crippen LogP contribution in [-0.4, -0.2) is 91.3 Å². The van der Waals surface area contributed by atoms with Gasteiger partial charge in [0, 0.05) is 31.7 Å². The Morgan fingerprint density at radius 2 is 2.05 bits per heavy atom. The number of aromatic nitrogens is 5. The zero-order valence-electron chi connectivity index (χ0n) is 22.2. The molecule has 2 amide bonds. The van der Waals surface area contributed by atoms with Gasteiger partial charge in [0.25, 0.3) is 17.5 Å². The summed E-state index contributed by atoms with van der Waals surface area (Å²) < 4.78 is 41.9. The minimum atomic E-state index is -4.19. The molecule has 2 atom stereocenters. The van der Waals surface area contributed by atoms with E-state index in [2.05, 4.69) is 26.0 Å². The minimum absolute atomic E-state index is 0.0449. The number of rotatable bonds is 11. The van der Waals surface area contributed by atoms with E-state index in [1.54, 1.807) is 26.1 Å². The Hall–Kier alpha value is -3.94. The lowest BCUT2D eigenvalue weighted by molar-refractivity contribution is -0.192. The van der Waals surface area contributed by atoms with E-state index >= 15 is 0 Å². The third-order valence-electron chi connectivity index (χ3n) is 6.29. The van der Waals surface area contributed by atoms with Gasteiger partial charge in [-0.05, 0) is 40.2 Å². The Morgan fingerprint density at radius 3 is 2.69 bits per heavy atom. The molecule has 222 valence electrons. The molecule has 16 nitrogen and oxygen atoms in total. The van der Waals surface area contributed by atoms with E-state index in [1.807, 2.05) is 0 Å². The number of nitrogens with one attached hydrogen (secondary N) is 1. The number of carbonyl (C=O) groups excluding carboxylic acids is 2. The highest BCUT2D eigenvalue weighted by Crippen LogP contribution is 2.47. The molecule has 0 bridgehead atoms. The van der Waals surface area contributed by atoms with Crippen LogP contribution in [0.2, 0.25) is 0 Å². The highest BCUT2D eigenvalue weighted by molar-refractivity contribution is 8.01. The van der Waals surface area contributed by atoms with Crippen LogP contribution in [0.1, 0.15) is 11.3 Å². The van der Waals surface area contributed by atoms with E-state index < -0.39 is 45.4 Å². The van der Waals surface area contributed by atoms with E-state index in [0.29, 0.717) is 10.7 Å². The van der Waals surface area contributed by atoms with Crippen molar-refractivity contribution in [1.29, 1.82) is 0 Å². The molecule has 3 aromatic rings. The van der Waals surface area contributed by atoms with Crippen molar-refractivity contribution in [2.45, 2.75) is 34.5 Å². The number of fused-ring (bicyclic) bond motifs is 1. The summed E-state index contributed by atoms with van der Waals surface area (Å²) in [5, 5.41) is 26.8. The van der Waals surface area contributed by atoms with E-state index in [9.17, 15) is 27.9 Å². The quantitative estimate of drug-likeness (QED) is 0.126. The van der Waals surface area contributed by atoms with Gasteiger partial charge in [-0.1, -0.05) is 29.5 Å². The summed E-state index contributed by atoms with van der Waals surface area (Å²) in [6.45, 7) is 1.81. The van der Waals surface area contributed by atoms with Crippen LogP contribution in [-0.2, 0) is 42.7 Å². The van der Waals surface area contributed by atoms with Gasteiger partial charge >= 0.3 is 16.1 Å². The molecule has 2 aliphatic rings. The Bertz CT molecular complexity index is 1690. The molecule has 0 saturated carbocycles. The smallest absolute Gasteiger partial charge is 0.352 e. The molecule has 19 heteroatoms. The number of carbonyl (C=O) groups is 3. The number of hydrogen-bond donors (Lipinski definition) is 2. The second kappa shape index (κ2) is 11.4. The topological polar surface area (TPSA) is 209 Å². The first-order valence-electron chi connectivity index (χ1n) is 12.0. The number of aliphatic carboxylic acids is 1. The lowest BCUT2D eigenvalue weighted by Gasteiger charge is -2.55. The largest absolute Gasteiger partial charge is 0.477 e. The Morgan fingerprint density at radius 1 is 1.31 bits per heavy atom. The van der Waals surface area contributed by atoms with Crippen LogP contribution in [0, 0.1) is 6.92 Å². The number of ether oxygens (including phenoxy) is 1. The van der Waals surface area contributed by atoms with Gasteiger partial charge in [0.15, 0.2) is 0 Å². The molecule has 0 aliphatic carbocycles. The molecular weight excluding hydrogens is 614 g/mol. The van der Waals surface area contributed by atoms with Gasteiger partial charge in [-0.2, -0.15) is 8.42 Å². The van der Waals surface area contributed by atoms with Gasteiger partial charge in [-0.25, -0.2) is 9.48 Å². The van der Waals surface area contributed by atoms with Crippen LogP contribution in [0.3, 0.4) is 0 Å². The fraction of sp³-hybridized carbons (Fsp3) is 0.348. The second-order valence-electron chi connectivity index (χ2n) is 9.12. The standard InChI is InChI=1S/C23H23N7O9S3/c1-12-4-6-15(7-5-12)42(35,36)39-17-9-14(38-26-17)8-16(31)24-23(37-3)20(34)30-18(19(32)33)13(10-40-21(23)30)11-41-22-25-27-28-29(22)2/h4-7,9,21H,8,10-11H2,1-3H3,(H,24,31)(H,32,33)/t21-,23+/m1/s1. The predicted octanol–water partition coefficient (Wildman–Crippen LogP) is 0.322. The van der Waals surface area contributed by atoms with Crippen LogP contribution in [0.15, 0.2) is 56.2 Å². The SMILES string of the molecule is CO[C@@]1(NC(=O)Cc2cc(OS(=O)(=O)c3ccc(C)cc3)no2)C(=O)N2C(C(=O)O)=C(CSc3nnnn3C)CS[C@@H]21. The molecule has 2 N–H and O–H groups in total. The monoisotopic (exact) mass is 637 g/mol. The number of hydrogen-bond acceptors (Lipinski definition) is 14. The van der Waals surface area contributed by atoms with Gasteiger partial charge in [0.1, 0.15) is 21.7 Å². The van der Waals surface area contributed by atoms with Gasteiger partial charge in [0.05, 0.1) is 6.42 Å². The summed E-state index contributed by atoms with van der Waals surface area (Å²) in [5.74, 6) is -2.74. The van der Waals surface area contributed by atoms with Crippen LogP contribution >= 0.6 is 23.5 Å². The van der Waals surface area contributed by atoms with Crippen molar-refractivity contribution < 1.29 is 41.4 Å². The first-order chi connectivity index (χ1) is 19.9. The fourth-order valence-electron chi connectivity index (χ4n) is 4.24. The Balaban J connectivity index is 1.25. The second-order valence-corrected chi connectivity index (χ2v) is 12.7. The number of methoxy groups -OCH3 is 1. The maximum absolute atomic E-state index is 13.3. The molecule has 2 aliphatic heterocycles. The molecule has 0 radical (unpaired) electrons. The molecule has 2 aromatic heterocycles. The lowest BCUT2D eigenvalue weighted by Crippen LogP contribution is -2.80. The van der Waals surface area contributed by atoms with Crippen molar-refractivity contribution >= 4 is 51.4 Å². The fourth-order valence-corrected chi connectivity index (χ4v) is 7.54. The summed E-state index contributed by atoms with van der Waals surface area (Å²) in [6.07, 6.45) is -0.439. The van der Waals surface area contributed by atoms with Crippen molar-refractivity contribution in [3.63, 3.8) is 0 Å². The number of tetrazole rings is 1. The molecular formula is C23H23N7O9S3. The molecule has 1 saturated heterocycles. The zero-order chi connectivity index (χ0) is 30.2. The minimum Gasteiger partial charge on any atom is -0.477 e. The Kier molecular flexibility index (Phi) is 8.01. The molecule has 1 fully saturated rings. The molecule has 0 spiro atoms. The normalized spacial score (nSPS) is 20.2. The van der Waals surface area contributed by atoms with E-state index in [0.717, 1.165) is 16.5 Å². The number of β-lactam (4-membered cyclic amide) rings is 1. The van der Waals surface area contributed by atoms with E-state index in [4.69, 9.17) is 13.4 Å². The number of amides is 2. The maximum atomic E-state index is 13.3. The molecule has 4 heterocycles. The number of benzene rings is 1. The molecule has 42 heavy (non-hydrogen) atoms. The van der Waals surface area contributed by atoms with Gasteiger partial charge in [-0.3, -0.25) is 14.5 Å². The lowest BCUT2D eigenvalue weighted by atomic mass is 9.98. The van der Waals surface area contributed by atoms with Crippen molar-refractivity contribution in [1.82, 2.24) is 35.6 Å². The summed E-state index contributed by atoms with van der Waals surface area (Å²) in [5.41, 5.74) is -0.679. The molecule has 0 unspecified atom stereocenters. The number of thioether (sulfide) groups is 2. The molecule has 5 rings (SSSR count). The van der Waals surface area contributed by atoms with Gasteiger partial charge in [-0.15, -0.1) is 16.9 Å². The van der Waals surface area contributed by atoms with Gasteiger partial charge in [0.2, 0.25) is 11.1 Å². The van der Waals surface area contributed by atoms with Crippen molar-refractivity contribution in [3.8, 4) is 5.88 Å². The summed E-state index contributed by atoms with van der Waals surface area (Å²) in [6, 6.07) is 7.12. The van der Waals surface area contributed by atoms with E-state index in [1.165, 1.54) is 47.4 Å². The van der Waals surface area contributed by atoms with Crippen molar-refractivity contribution in [2.24, 2.45) is 7.05 Å². The highest BCUT2D eigenvalue weighted by atomic mass is 32.2.